The molecule has 0 aliphatic carbocycles. The highest BCUT2D eigenvalue weighted by atomic mass is 19.1. The predicted octanol–water partition coefficient (Wildman–Crippen LogP) is 4.16. The van der Waals surface area contributed by atoms with E-state index in [0.717, 1.165) is 12.8 Å². The van der Waals surface area contributed by atoms with E-state index in [4.69, 9.17) is 0 Å². The third kappa shape index (κ3) is 3.77. The number of pyridine rings is 1. The highest BCUT2D eigenvalue weighted by Gasteiger charge is 2.13. The first-order chi connectivity index (χ1) is 11.2. The second-order valence-electron chi connectivity index (χ2n) is 5.45. The van der Waals surface area contributed by atoms with Crippen molar-refractivity contribution in [1.82, 2.24) is 15.0 Å². The van der Waals surface area contributed by atoms with Crippen molar-refractivity contribution in [2.45, 2.75) is 26.2 Å². The summed E-state index contributed by atoms with van der Waals surface area (Å²) in [5.41, 5.74) is 2.76. The second kappa shape index (κ2) is 7.09. The molecule has 0 atom stereocenters. The molecule has 3 rings (SSSR count). The van der Waals surface area contributed by atoms with E-state index in [0.29, 0.717) is 29.3 Å². The van der Waals surface area contributed by atoms with Crippen LogP contribution < -0.4 is 0 Å². The van der Waals surface area contributed by atoms with Crippen LogP contribution in [0, 0.1) is 12.7 Å². The zero-order valence-corrected chi connectivity index (χ0v) is 13.0. The highest BCUT2D eigenvalue weighted by molar-refractivity contribution is 5.49. The Hall–Kier alpha value is -2.62. The Morgan fingerprint density at radius 3 is 2.43 bits per heavy atom. The molecule has 0 radical (unpaired) electrons. The van der Waals surface area contributed by atoms with E-state index in [-0.39, 0.29) is 5.82 Å². The molecule has 4 heteroatoms. The molecule has 2 heterocycles. The molecule has 2 aromatic heterocycles. The third-order valence-electron chi connectivity index (χ3n) is 3.70. The van der Waals surface area contributed by atoms with E-state index in [1.165, 1.54) is 5.56 Å². The fourth-order valence-corrected chi connectivity index (χ4v) is 2.50. The minimum Gasteiger partial charge on any atom is -0.253 e. The lowest BCUT2D eigenvalue weighted by molar-refractivity contribution is 0.574. The zero-order chi connectivity index (χ0) is 16.1. The minimum atomic E-state index is -0.308. The number of nitrogens with zero attached hydrogens (tertiary/aromatic N) is 3. The SMILES string of the molecule is Cc1nc(-c2ccccn2)nc(CCCc2ccccc2)c1F. The Morgan fingerprint density at radius 1 is 0.913 bits per heavy atom. The van der Waals surface area contributed by atoms with Gasteiger partial charge in [0.15, 0.2) is 11.6 Å². The van der Waals surface area contributed by atoms with Crippen LogP contribution in [0.25, 0.3) is 11.5 Å². The van der Waals surface area contributed by atoms with E-state index in [2.05, 4.69) is 27.1 Å². The van der Waals surface area contributed by atoms with Gasteiger partial charge in [0.1, 0.15) is 5.69 Å². The number of hydrogen-bond donors (Lipinski definition) is 0. The molecule has 3 nitrogen and oxygen atoms in total. The summed E-state index contributed by atoms with van der Waals surface area (Å²) >= 11 is 0. The summed E-state index contributed by atoms with van der Waals surface area (Å²) in [4.78, 5) is 12.8. The van der Waals surface area contributed by atoms with Gasteiger partial charge in [-0.15, -0.1) is 0 Å². The molecule has 0 bridgehead atoms. The molecular weight excluding hydrogens is 289 g/mol. The number of aromatic nitrogens is 3. The summed E-state index contributed by atoms with van der Waals surface area (Å²) in [6.45, 7) is 1.67. The Morgan fingerprint density at radius 2 is 1.70 bits per heavy atom. The number of hydrogen-bond acceptors (Lipinski definition) is 3. The zero-order valence-electron chi connectivity index (χ0n) is 13.0. The average molecular weight is 307 g/mol. The van der Waals surface area contributed by atoms with E-state index in [1.54, 1.807) is 13.1 Å². The van der Waals surface area contributed by atoms with Gasteiger partial charge in [0.25, 0.3) is 0 Å². The fraction of sp³-hybridized carbons (Fsp3) is 0.211. The van der Waals surface area contributed by atoms with Crippen molar-refractivity contribution in [3.05, 3.63) is 77.5 Å². The predicted molar refractivity (Wildman–Crippen MR) is 88.4 cm³/mol. The Balaban J connectivity index is 1.77. The van der Waals surface area contributed by atoms with Gasteiger partial charge in [0.2, 0.25) is 0 Å². The van der Waals surface area contributed by atoms with Crippen molar-refractivity contribution in [1.29, 1.82) is 0 Å². The van der Waals surface area contributed by atoms with Gasteiger partial charge in [0, 0.05) is 6.20 Å². The van der Waals surface area contributed by atoms with E-state index in [9.17, 15) is 4.39 Å². The second-order valence-corrected chi connectivity index (χ2v) is 5.45. The number of halogens is 1. The normalized spacial score (nSPS) is 10.7. The Kier molecular flexibility index (Phi) is 4.71. The quantitative estimate of drug-likeness (QED) is 0.710. The van der Waals surface area contributed by atoms with Crippen molar-refractivity contribution < 1.29 is 4.39 Å². The van der Waals surface area contributed by atoms with Gasteiger partial charge in [-0.1, -0.05) is 36.4 Å². The molecule has 1 aromatic carbocycles. The van der Waals surface area contributed by atoms with Crippen LogP contribution in [0.2, 0.25) is 0 Å². The molecule has 0 fully saturated rings. The molecule has 0 aliphatic heterocycles. The van der Waals surface area contributed by atoms with Gasteiger partial charge in [-0.3, -0.25) is 4.98 Å². The van der Waals surface area contributed by atoms with E-state index in [1.807, 2.05) is 36.4 Å². The standard InChI is InChI=1S/C19H18FN3/c1-14-18(20)16(12-7-10-15-8-3-2-4-9-15)23-19(22-14)17-11-5-6-13-21-17/h2-6,8-9,11,13H,7,10,12H2,1H3. The van der Waals surface area contributed by atoms with Gasteiger partial charge in [0.05, 0.1) is 11.4 Å². The molecule has 0 saturated carbocycles. The van der Waals surface area contributed by atoms with Crippen LogP contribution in [-0.2, 0) is 12.8 Å². The van der Waals surface area contributed by atoms with Crippen LogP contribution in [0.15, 0.2) is 54.7 Å². The highest BCUT2D eigenvalue weighted by Crippen LogP contribution is 2.18. The largest absolute Gasteiger partial charge is 0.253 e. The summed E-state index contributed by atoms with van der Waals surface area (Å²) < 4.78 is 14.3. The van der Waals surface area contributed by atoms with Crippen LogP contribution in [0.1, 0.15) is 23.4 Å². The molecule has 0 spiro atoms. The smallest absolute Gasteiger partial charge is 0.178 e. The minimum absolute atomic E-state index is 0.308. The van der Waals surface area contributed by atoms with Crippen LogP contribution >= 0.6 is 0 Å². The molecule has 0 unspecified atom stereocenters. The number of aryl methyl sites for hydroxylation is 3. The Bertz CT molecular complexity index is 773. The topological polar surface area (TPSA) is 38.7 Å². The lowest BCUT2D eigenvalue weighted by Gasteiger charge is -2.08. The molecule has 116 valence electrons. The maximum atomic E-state index is 14.3. The van der Waals surface area contributed by atoms with E-state index >= 15 is 0 Å². The first-order valence-corrected chi connectivity index (χ1v) is 7.72. The first-order valence-electron chi connectivity index (χ1n) is 7.72. The van der Waals surface area contributed by atoms with Crippen LogP contribution in [0.4, 0.5) is 4.39 Å². The lowest BCUT2D eigenvalue weighted by atomic mass is 10.1. The maximum Gasteiger partial charge on any atom is 0.178 e. The molecule has 23 heavy (non-hydrogen) atoms. The van der Waals surface area contributed by atoms with Gasteiger partial charge >= 0.3 is 0 Å². The monoisotopic (exact) mass is 307 g/mol. The lowest BCUT2D eigenvalue weighted by Crippen LogP contribution is -2.05. The van der Waals surface area contributed by atoms with Crippen LogP contribution in [-0.4, -0.2) is 15.0 Å². The summed E-state index contributed by atoms with van der Waals surface area (Å²) in [5.74, 6) is 0.178. The summed E-state index contributed by atoms with van der Waals surface area (Å²) in [6.07, 6.45) is 4.03. The van der Waals surface area contributed by atoms with Crippen molar-refractivity contribution in [2.24, 2.45) is 0 Å². The average Bonchev–Trinajstić information content (AvgIpc) is 2.60. The molecule has 0 aliphatic rings. The number of benzene rings is 1. The summed E-state index contributed by atoms with van der Waals surface area (Å²) in [6, 6.07) is 15.7. The van der Waals surface area contributed by atoms with Crippen molar-refractivity contribution in [3.8, 4) is 11.5 Å². The molecule has 0 N–H and O–H groups in total. The molecule has 0 amide bonds. The van der Waals surface area contributed by atoms with Gasteiger partial charge in [-0.25, -0.2) is 14.4 Å². The summed E-state index contributed by atoms with van der Waals surface area (Å²) in [5, 5.41) is 0. The summed E-state index contributed by atoms with van der Waals surface area (Å²) in [7, 11) is 0. The van der Waals surface area contributed by atoms with E-state index < -0.39 is 0 Å². The van der Waals surface area contributed by atoms with Crippen LogP contribution in [0.3, 0.4) is 0 Å². The fourth-order valence-electron chi connectivity index (χ4n) is 2.50. The molecule has 0 saturated heterocycles. The maximum absolute atomic E-state index is 14.3. The van der Waals surface area contributed by atoms with Gasteiger partial charge in [-0.2, -0.15) is 0 Å². The van der Waals surface area contributed by atoms with Gasteiger partial charge < -0.3 is 0 Å². The van der Waals surface area contributed by atoms with Crippen molar-refractivity contribution in [3.63, 3.8) is 0 Å². The number of rotatable bonds is 5. The first kappa shape index (κ1) is 15.3. The van der Waals surface area contributed by atoms with Crippen molar-refractivity contribution in [2.75, 3.05) is 0 Å². The van der Waals surface area contributed by atoms with Crippen molar-refractivity contribution >= 4 is 0 Å². The van der Waals surface area contributed by atoms with Gasteiger partial charge in [-0.05, 0) is 43.9 Å². The molecule has 3 aromatic rings. The Labute approximate surface area is 135 Å². The third-order valence-corrected chi connectivity index (χ3v) is 3.70. The molecular formula is C19H18FN3. The van der Waals surface area contributed by atoms with Crippen LogP contribution in [0.5, 0.6) is 0 Å².